The summed E-state index contributed by atoms with van der Waals surface area (Å²) in [5.74, 6) is 0.867. The highest BCUT2D eigenvalue weighted by molar-refractivity contribution is 7.13. The third kappa shape index (κ3) is 2.17. The summed E-state index contributed by atoms with van der Waals surface area (Å²) in [5, 5.41) is 3.12. The molecule has 2 aromatic heterocycles. The third-order valence-electron chi connectivity index (χ3n) is 2.56. The lowest BCUT2D eigenvalue weighted by molar-refractivity contribution is 1.33. The Morgan fingerprint density at radius 2 is 2.00 bits per heavy atom. The maximum atomic E-state index is 6.01. The number of hydrogen-bond donors (Lipinski definition) is 1. The topological polar surface area (TPSA) is 28.7 Å². The number of halogens is 2. The SMILES string of the molecule is Clc1ccc(-c2cnc(-c3cccs3)[nH]2)cc1Cl. The van der Waals surface area contributed by atoms with Crippen LogP contribution in [-0.4, -0.2) is 9.97 Å². The van der Waals surface area contributed by atoms with Crippen LogP contribution in [-0.2, 0) is 0 Å². The average Bonchev–Trinajstić information content (AvgIpc) is 3.01. The first kappa shape index (κ1) is 11.8. The van der Waals surface area contributed by atoms with E-state index in [9.17, 15) is 0 Å². The van der Waals surface area contributed by atoms with Crippen LogP contribution in [0.4, 0.5) is 0 Å². The molecule has 90 valence electrons. The molecule has 1 N–H and O–H groups in total. The molecule has 3 aromatic rings. The number of H-pyrrole nitrogens is 1. The molecule has 1 aromatic carbocycles. The third-order valence-corrected chi connectivity index (χ3v) is 4.18. The fourth-order valence-electron chi connectivity index (χ4n) is 1.67. The van der Waals surface area contributed by atoms with Gasteiger partial charge in [-0.2, -0.15) is 0 Å². The number of aromatic nitrogens is 2. The highest BCUT2D eigenvalue weighted by atomic mass is 35.5. The van der Waals surface area contributed by atoms with Gasteiger partial charge in [0.15, 0.2) is 0 Å². The number of imidazole rings is 1. The van der Waals surface area contributed by atoms with Crippen molar-refractivity contribution in [1.82, 2.24) is 9.97 Å². The van der Waals surface area contributed by atoms with Gasteiger partial charge in [-0.3, -0.25) is 0 Å². The first-order valence-corrected chi connectivity index (χ1v) is 6.92. The first-order valence-electron chi connectivity index (χ1n) is 5.28. The molecule has 0 bridgehead atoms. The molecule has 0 aliphatic rings. The lowest BCUT2D eigenvalue weighted by Crippen LogP contribution is -1.79. The van der Waals surface area contributed by atoms with Crippen molar-refractivity contribution in [2.75, 3.05) is 0 Å². The molecule has 0 saturated carbocycles. The Morgan fingerprint density at radius 3 is 2.72 bits per heavy atom. The molecular formula is C13H8Cl2N2S. The second-order valence-electron chi connectivity index (χ2n) is 3.75. The van der Waals surface area contributed by atoms with E-state index in [1.165, 1.54) is 0 Å². The van der Waals surface area contributed by atoms with E-state index >= 15 is 0 Å². The fourth-order valence-corrected chi connectivity index (χ4v) is 2.64. The lowest BCUT2D eigenvalue weighted by Gasteiger charge is -2.00. The van der Waals surface area contributed by atoms with Crippen molar-refractivity contribution in [2.45, 2.75) is 0 Å². The maximum absolute atomic E-state index is 6.01. The molecule has 0 atom stereocenters. The van der Waals surface area contributed by atoms with Crippen molar-refractivity contribution in [3.05, 3.63) is 52.0 Å². The monoisotopic (exact) mass is 294 g/mol. The predicted octanol–water partition coefficient (Wildman–Crippen LogP) is 5.11. The molecule has 18 heavy (non-hydrogen) atoms. The molecule has 0 fully saturated rings. The van der Waals surface area contributed by atoms with Gasteiger partial charge in [-0.15, -0.1) is 11.3 Å². The molecule has 0 aliphatic carbocycles. The lowest BCUT2D eigenvalue weighted by atomic mass is 10.2. The summed E-state index contributed by atoms with van der Waals surface area (Å²) in [4.78, 5) is 8.75. The summed E-state index contributed by atoms with van der Waals surface area (Å²) in [6, 6.07) is 9.56. The number of nitrogens with one attached hydrogen (secondary N) is 1. The largest absolute Gasteiger partial charge is 0.337 e. The zero-order valence-electron chi connectivity index (χ0n) is 9.15. The number of benzene rings is 1. The van der Waals surface area contributed by atoms with Crippen molar-refractivity contribution < 1.29 is 0 Å². The van der Waals surface area contributed by atoms with Crippen LogP contribution in [0.3, 0.4) is 0 Å². The molecule has 0 saturated heterocycles. The number of aromatic amines is 1. The van der Waals surface area contributed by atoms with Crippen LogP contribution in [0, 0.1) is 0 Å². The Bertz CT molecular complexity index is 674. The number of hydrogen-bond acceptors (Lipinski definition) is 2. The van der Waals surface area contributed by atoms with E-state index in [1.807, 2.05) is 29.6 Å². The van der Waals surface area contributed by atoms with E-state index in [2.05, 4.69) is 9.97 Å². The van der Waals surface area contributed by atoms with Gasteiger partial charge in [-0.05, 0) is 23.6 Å². The van der Waals surface area contributed by atoms with Gasteiger partial charge in [-0.1, -0.05) is 35.3 Å². The Morgan fingerprint density at radius 1 is 1.11 bits per heavy atom. The molecule has 3 rings (SSSR count). The summed E-state index contributed by atoms with van der Waals surface area (Å²) in [5.41, 5.74) is 1.90. The Labute approximate surface area is 118 Å². The van der Waals surface area contributed by atoms with E-state index in [0.29, 0.717) is 10.0 Å². The van der Waals surface area contributed by atoms with Crippen LogP contribution in [0.1, 0.15) is 0 Å². The molecular weight excluding hydrogens is 287 g/mol. The zero-order valence-corrected chi connectivity index (χ0v) is 11.5. The summed E-state index contributed by atoms with van der Waals surface area (Å²) in [6.45, 7) is 0. The van der Waals surface area contributed by atoms with Crippen LogP contribution in [0.15, 0.2) is 41.9 Å². The van der Waals surface area contributed by atoms with Crippen molar-refractivity contribution in [1.29, 1.82) is 0 Å². The summed E-state index contributed by atoms with van der Waals surface area (Å²) in [7, 11) is 0. The molecule has 5 heteroatoms. The van der Waals surface area contributed by atoms with Gasteiger partial charge in [0, 0.05) is 5.56 Å². The van der Waals surface area contributed by atoms with E-state index in [4.69, 9.17) is 23.2 Å². The predicted molar refractivity (Wildman–Crippen MR) is 77.4 cm³/mol. The van der Waals surface area contributed by atoms with Gasteiger partial charge in [0.05, 0.1) is 26.8 Å². The second kappa shape index (κ2) is 4.76. The molecule has 0 spiro atoms. The van der Waals surface area contributed by atoms with Crippen LogP contribution >= 0.6 is 34.5 Å². The van der Waals surface area contributed by atoms with Crippen molar-refractivity contribution in [2.24, 2.45) is 0 Å². The van der Waals surface area contributed by atoms with Crippen molar-refractivity contribution in [3.63, 3.8) is 0 Å². The molecule has 0 amide bonds. The van der Waals surface area contributed by atoms with Gasteiger partial charge in [0.25, 0.3) is 0 Å². The van der Waals surface area contributed by atoms with Crippen LogP contribution < -0.4 is 0 Å². The molecule has 0 radical (unpaired) electrons. The normalized spacial score (nSPS) is 10.8. The summed E-state index contributed by atoms with van der Waals surface area (Å²) in [6.07, 6.45) is 1.80. The molecule has 2 nitrogen and oxygen atoms in total. The minimum absolute atomic E-state index is 0.543. The van der Waals surface area contributed by atoms with Crippen molar-refractivity contribution >= 4 is 34.5 Å². The Balaban J connectivity index is 2.00. The molecule has 0 unspecified atom stereocenters. The minimum Gasteiger partial charge on any atom is -0.337 e. The quantitative estimate of drug-likeness (QED) is 0.699. The number of rotatable bonds is 2. The van der Waals surface area contributed by atoms with Gasteiger partial charge in [-0.25, -0.2) is 4.98 Å². The van der Waals surface area contributed by atoms with E-state index < -0.39 is 0 Å². The van der Waals surface area contributed by atoms with Crippen LogP contribution in [0.5, 0.6) is 0 Å². The smallest absolute Gasteiger partial charge is 0.147 e. The highest BCUT2D eigenvalue weighted by Crippen LogP contribution is 2.29. The average molecular weight is 295 g/mol. The minimum atomic E-state index is 0.543. The first-order chi connectivity index (χ1) is 8.74. The van der Waals surface area contributed by atoms with Gasteiger partial charge >= 0.3 is 0 Å². The zero-order chi connectivity index (χ0) is 12.5. The van der Waals surface area contributed by atoms with E-state index in [1.54, 1.807) is 23.6 Å². The Kier molecular flexibility index (Phi) is 3.12. The van der Waals surface area contributed by atoms with Gasteiger partial charge in [0.2, 0.25) is 0 Å². The van der Waals surface area contributed by atoms with Crippen molar-refractivity contribution in [3.8, 4) is 22.0 Å². The standard InChI is InChI=1S/C13H8Cl2N2S/c14-9-4-3-8(6-10(9)15)11-7-16-13(17-11)12-2-1-5-18-12/h1-7H,(H,16,17). The Hall–Kier alpha value is -1.29. The second-order valence-corrected chi connectivity index (χ2v) is 5.51. The van der Waals surface area contributed by atoms with Gasteiger partial charge < -0.3 is 4.98 Å². The number of nitrogens with zero attached hydrogens (tertiary/aromatic N) is 1. The summed E-state index contributed by atoms with van der Waals surface area (Å²) < 4.78 is 0. The number of thiophene rings is 1. The fraction of sp³-hybridized carbons (Fsp3) is 0. The van der Waals surface area contributed by atoms with E-state index in [-0.39, 0.29) is 0 Å². The van der Waals surface area contributed by atoms with Crippen LogP contribution in [0.2, 0.25) is 10.0 Å². The van der Waals surface area contributed by atoms with E-state index in [0.717, 1.165) is 22.0 Å². The maximum Gasteiger partial charge on any atom is 0.147 e. The molecule has 2 heterocycles. The highest BCUT2D eigenvalue weighted by Gasteiger charge is 2.07. The van der Waals surface area contributed by atoms with Crippen LogP contribution in [0.25, 0.3) is 22.0 Å². The summed E-state index contributed by atoms with van der Waals surface area (Å²) >= 11 is 13.6. The van der Waals surface area contributed by atoms with Gasteiger partial charge in [0.1, 0.15) is 5.82 Å². The molecule has 0 aliphatic heterocycles.